The Bertz CT molecular complexity index is 233. The zero-order valence-electron chi connectivity index (χ0n) is 7.24. The van der Waals surface area contributed by atoms with Crippen LogP contribution in [0.4, 0.5) is 0 Å². The first-order valence-corrected chi connectivity index (χ1v) is 5.41. The predicted molar refractivity (Wildman–Crippen MR) is 44.8 cm³/mol. The van der Waals surface area contributed by atoms with Crippen molar-refractivity contribution in [3.8, 4) is 0 Å². The lowest BCUT2D eigenvalue weighted by atomic mass is 10.3. The fourth-order valence-electron chi connectivity index (χ4n) is 1.28. The van der Waals surface area contributed by atoms with Crippen LogP contribution in [0.1, 0.15) is 19.8 Å². The van der Waals surface area contributed by atoms with Crippen molar-refractivity contribution >= 4 is 10.0 Å². The van der Waals surface area contributed by atoms with Gasteiger partial charge in [-0.1, -0.05) is 13.3 Å². The van der Waals surface area contributed by atoms with Gasteiger partial charge in [0.1, 0.15) is 0 Å². The van der Waals surface area contributed by atoms with Gasteiger partial charge in [0.15, 0.2) is 0 Å². The van der Waals surface area contributed by atoms with Crippen LogP contribution in [0.25, 0.3) is 0 Å². The molecule has 0 aromatic carbocycles. The van der Waals surface area contributed by atoms with Gasteiger partial charge in [-0.25, -0.2) is 12.7 Å². The van der Waals surface area contributed by atoms with Crippen molar-refractivity contribution < 1.29 is 8.42 Å². The summed E-state index contributed by atoms with van der Waals surface area (Å²) in [6, 6.07) is 0. The minimum atomic E-state index is -2.93. The van der Waals surface area contributed by atoms with Gasteiger partial charge in [-0.05, 0) is 12.3 Å². The molecule has 0 heterocycles. The highest BCUT2D eigenvalue weighted by Gasteiger charge is 2.46. The third-order valence-corrected chi connectivity index (χ3v) is 4.63. The van der Waals surface area contributed by atoms with Crippen LogP contribution in [0.15, 0.2) is 0 Å². The Morgan fingerprint density at radius 1 is 1.45 bits per heavy atom. The van der Waals surface area contributed by atoms with E-state index < -0.39 is 10.0 Å². The summed E-state index contributed by atoms with van der Waals surface area (Å²) in [5.41, 5.74) is 0. The molecule has 2 atom stereocenters. The second kappa shape index (κ2) is 2.75. The average molecular weight is 177 g/mol. The fourth-order valence-corrected chi connectivity index (χ4v) is 3.00. The smallest absolute Gasteiger partial charge is 0.212 e. The van der Waals surface area contributed by atoms with E-state index in [0.29, 0.717) is 5.92 Å². The van der Waals surface area contributed by atoms with Gasteiger partial charge >= 0.3 is 0 Å². The van der Waals surface area contributed by atoms with Gasteiger partial charge in [-0.2, -0.15) is 0 Å². The van der Waals surface area contributed by atoms with Gasteiger partial charge in [0.05, 0.1) is 5.25 Å². The summed E-state index contributed by atoms with van der Waals surface area (Å²) in [5.74, 6) is 0.419. The van der Waals surface area contributed by atoms with Crippen molar-refractivity contribution in [2.24, 2.45) is 5.92 Å². The normalized spacial score (nSPS) is 30.9. The molecular weight excluding hydrogens is 162 g/mol. The summed E-state index contributed by atoms with van der Waals surface area (Å²) in [6.45, 7) is 2.04. The summed E-state index contributed by atoms with van der Waals surface area (Å²) in [7, 11) is 0.264. The molecular formula is C7H15NO2S. The number of rotatable bonds is 3. The number of hydrogen-bond donors (Lipinski definition) is 0. The number of hydrogen-bond acceptors (Lipinski definition) is 2. The molecule has 0 saturated heterocycles. The largest absolute Gasteiger partial charge is 0.216 e. The van der Waals surface area contributed by atoms with E-state index in [1.165, 1.54) is 4.31 Å². The molecule has 1 fully saturated rings. The molecule has 1 rings (SSSR count). The minimum absolute atomic E-state index is 0.0810. The first kappa shape index (κ1) is 9.00. The number of sulfonamides is 1. The first-order chi connectivity index (χ1) is 5.00. The highest BCUT2D eigenvalue weighted by Crippen LogP contribution is 2.40. The number of nitrogens with zero attached hydrogens (tertiary/aromatic N) is 1. The van der Waals surface area contributed by atoms with E-state index in [0.717, 1.165) is 12.8 Å². The third-order valence-electron chi connectivity index (χ3n) is 2.27. The third kappa shape index (κ3) is 1.56. The Kier molecular flexibility index (Phi) is 2.25. The van der Waals surface area contributed by atoms with Crippen LogP contribution in [-0.2, 0) is 10.0 Å². The molecule has 1 aliphatic carbocycles. The molecule has 2 unspecified atom stereocenters. The van der Waals surface area contributed by atoms with E-state index in [4.69, 9.17) is 0 Å². The van der Waals surface area contributed by atoms with Crippen molar-refractivity contribution in [1.82, 2.24) is 4.31 Å². The first-order valence-electron chi connectivity index (χ1n) is 3.91. The lowest BCUT2D eigenvalue weighted by Gasteiger charge is -2.09. The van der Waals surface area contributed by atoms with E-state index in [1.54, 1.807) is 14.1 Å². The molecule has 11 heavy (non-hydrogen) atoms. The molecule has 1 aliphatic rings. The monoisotopic (exact) mass is 177 g/mol. The van der Waals surface area contributed by atoms with Crippen LogP contribution in [0.3, 0.4) is 0 Å². The maximum Gasteiger partial charge on any atom is 0.216 e. The summed E-state index contributed by atoms with van der Waals surface area (Å²) < 4.78 is 24.1. The topological polar surface area (TPSA) is 37.4 Å². The molecule has 0 aliphatic heterocycles. The van der Waals surface area contributed by atoms with Gasteiger partial charge in [0, 0.05) is 14.1 Å². The maximum absolute atomic E-state index is 11.4. The summed E-state index contributed by atoms with van der Waals surface area (Å²) >= 11 is 0. The van der Waals surface area contributed by atoms with Crippen molar-refractivity contribution in [2.45, 2.75) is 25.0 Å². The summed E-state index contributed by atoms with van der Waals surface area (Å²) in [6.07, 6.45) is 1.84. The lowest BCUT2D eigenvalue weighted by molar-refractivity contribution is 0.516. The maximum atomic E-state index is 11.4. The molecule has 0 radical (unpaired) electrons. The Balaban J connectivity index is 2.63. The van der Waals surface area contributed by atoms with Crippen LogP contribution in [0.5, 0.6) is 0 Å². The van der Waals surface area contributed by atoms with Crippen LogP contribution in [0.2, 0.25) is 0 Å². The highest BCUT2D eigenvalue weighted by molar-refractivity contribution is 7.90. The van der Waals surface area contributed by atoms with Crippen molar-refractivity contribution in [2.75, 3.05) is 14.1 Å². The average Bonchev–Trinajstić information content (AvgIpc) is 2.65. The molecule has 0 amide bonds. The van der Waals surface area contributed by atoms with Crippen molar-refractivity contribution in [3.05, 3.63) is 0 Å². The van der Waals surface area contributed by atoms with Crippen LogP contribution >= 0.6 is 0 Å². The molecule has 0 bridgehead atoms. The van der Waals surface area contributed by atoms with Gasteiger partial charge in [-0.3, -0.25) is 0 Å². The lowest BCUT2D eigenvalue weighted by Crippen LogP contribution is -2.26. The van der Waals surface area contributed by atoms with E-state index in [-0.39, 0.29) is 5.25 Å². The van der Waals surface area contributed by atoms with Crippen LogP contribution < -0.4 is 0 Å². The van der Waals surface area contributed by atoms with Crippen molar-refractivity contribution in [3.63, 3.8) is 0 Å². The van der Waals surface area contributed by atoms with Gasteiger partial charge < -0.3 is 0 Å². The Labute approximate surface area is 68.4 Å². The Morgan fingerprint density at radius 3 is 2.27 bits per heavy atom. The molecule has 0 N–H and O–H groups in total. The molecule has 3 nitrogen and oxygen atoms in total. The molecule has 1 saturated carbocycles. The van der Waals surface area contributed by atoms with Crippen molar-refractivity contribution in [1.29, 1.82) is 0 Å². The van der Waals surface area contributed by atoms with Crippen LogP contribution in [0, 0.1) is 5.92 Å². The van der Waals surface area contributed by atoms with E-state index >= 15 is 0 Å². The molecule has 0 spiro atoms. The SMILES string of the molecule is CCC1CC1S(=O)(=O)N(C)C. The molecule has 66 valence electrons. The zero-order valence-corrected chi connectivity index (χ0v) is 8.06. The second-order valence-electron chi connectivity index (χ2n) is 3.27. The molecule has 4 heteroatoms. The van der Waals surface area contributed by atoms with E-state index in [1.807, 2.05) is 6.92 Å². The summed E-state index contributed by atoms with van der Waals surface area (Å²) in [4.78, 5) is 0. The Hall–Kier alpha value is -0.0900. The summed E-state index contributed by atoms with van der Waals surface area (Å²) in [5, 5.41) is -0.0810. The van der Waals surface area contributed by atoms with Gasteiger partial charge in [-0.15, -0.1) is 0 Å². The highest BCUT2D eigenvalue weighted by atomic mass is 32.2. The fraction of sp³-hybridized carbons (Fsp3) is 1.00. The minimum Gasteiger partial charge on any atom is -0.212 e. The predicted octanol–water partition coefficient (Wildman–Crippen LogP) is 0.676. The Morgan fingerprint density at radius 2 is 2.00 bits per heavy atom. The zero-order chi connectivity index (χ0) is 8.65. The van der Waals surface area contributed by atoms with Gasteiger partial charge in [0.2, 0.25) is 10.0 Å². The molecule has 0 aromatic heterocycles. The quantitative estimate of drug-likeness (QED) is 0.635. The van der Waals surface area contributed by atoms with E-state index in [2.05, 4.69) is 0 Å². The van der Waals surface area contributed by atoms with Gasteiger partial charge in [0.25, 0.3) is 0 Å². The standard InChI is InChI=1S/C7H15NO2S/c1-4-6-5-7(6)11(9,10)8(2)3/h6-7H,4-5H2,1-3H3. The van der Waals surface area contributed by atoms with Crippen LogP contribution in [-0.4, -0.2) is 32.1 Å². The van der Waals surface area contributed by atoms with E-state index in [9.17, 15) is 8.42 Å². The molecule has 0 aromatic rings. The second-order valence-corrected chi connectivity index (χ2v) is 5.64.